The van der Waals surface area contributed by atoms with Crippen molar-refractivity contribution in [3.05, 3.63) is 60.4 Å². The quantitative estimate of drug-likeness (QED) is 0.796. The second kappa shape index (κ2) is 5.96. The van der Waals surface area contributed by atoms with Crippen LogP contribution in [0.15, 0.2) is 59.8 Å². The van der Waals surface area contributed by atoms with Gasteiger partial charge in [-0.05, 0) is 30.7 Å². The average Bonchev–Trinajstić information content (AvgIpc) is 2.54. The molecular formula is C17H17N3O2S. The first kappa shape index (κ1) is 15.4. The Hall–Kier alpha value is -2.47. The second-order valence-corrected chi connectivity index (χ2v) is 7.47. The molecule has 3 aromatic rings. The van der Waals surface area contributed by atoms with Crippen molar-refractivity contribution in [2.24, 2.45) is 0 Å². The highest BCUT2D eigenvalue weighted by Crippen LogP contribution is 2.26. The maximum absolute atomic E-state index is 11.8. The Morgan fingerprint density at radius 3 is 2.48 bits per heavy atom. The van der Waals surface area contributed by atoms with Crippen molar-refractivity contribution in [2.45, 2.75) is 17.9 Å². The minimum absolute atomic E-state index is 0.0381. The Bertz CT molecular complexity index is 940. The first-order valence-corrected chi connectivity index (χ1v) is 9.10. The van der Waals surface area contributed by atoms with Crippen LogP contribution in [-0.4, -0.2) is 24.6 Å². The fourth-order valence-corrected chi connectivity index (χ4v) is 3.06. The highest BCUT2D eigenvalue weighted by Gasteiger charge is 2.13. The summed E-state index contributed by atoms with van der Waals surface area (Å²) in [7, 11) is -3.28. The number of nitrogens with zero attached hydrogens (tertiary/aromatic N) is 2. The van der Waals surface area contributed by atoms with Gasteiger partial charge in [0.25, 0.3) is 0 Å². The lowest BCUT2D eigenvalue weighted by Crippen LogP contribution is -2.08. The number of hydrogen-bond acceptors (Lipinski definition) is 5. The number of sulfone groups is 1. The number of anilines is 1. The third-order valence-electron chi connectivity index (χ3n) is 3.69. The molecule has 118 valence electrons. The second-order valence-electron chi connectivity index (χ2n) is 5.45. The van der Waals surface area contributed by atoms with E-state index in [1.165, 1.54) is 12.6 Å². The summed E-state index contributed by atoms with van der Waals surface area (Å²) in [6, 6.07) is 14.9. The molecule has 5 nitrogen and oxygen atoms in total. The number of rotatable bonds is 4. The summed E-state index contributed by atoms with van der Waals surface area (Å²) in [5, 5.41) is 4.03. The zero-order valence-corrected chi connectivity index (χ0v) is 13.7. The van der Waals surface area contributed by atoms with Crippen LogP contribution in [0.1, 0.15) is 18.5 Å². The van der Waals surface area contributed by atoms with E-state index in [2.05, 4.69) is 15.3 Å². The largest absolute Gasteiger partial charge is 0.363 e. The van der Waals surface area contributed by atoms with Crippen LogP contribution in [0.3, 0.4) is 0 Å². The van der Waals surface area contributed by atoms with Gasteiger partial charge in [0.1, 0.15) is 12.1 Å². The molecule has 1 N–H and O–H groups in total. The molecule has 1 heterocycles. The number of benzene rings is 2. The summed E-state index contributed by atoms with van der Waals surface area (Å²) in [5.74, 6) is 0.622. The highest BCUT2D eigenvalue weighted by atomic mass is 32.2. The summed E-state index contributed by atoms with van der Waals surface area (Å²) < 4.78 is 23.5. The van der Waals surface area contributed by atoms with Crippen LogP contribution in [0.4, 0.5) is 5.82 Å². The number of fused-ring (bicyclic) bond motifs is 1. The highest BCUT2D eigenvalue weighted by molar-refractivity contribution is 7.90. The fourth-order valence-electron chi connectivity index (χ4n) is 2.41. The van der Waals surface area contributed by atoms with Crippen LogP contribution in [-0.2, 0) is 9.84 Å². The maximum atomic E-state index is 11.8. The molecule has 1 aromatic heterocycles. The predicted molar refractivity (Wildman–Crippen MR) is 91.1 cm³/mol. The Morgan fingerprint density at radius 2 is 1.78 bits per heavy atom. The van der Waals surface area contributed by atoms with Crippen molar-refractivity contribution in [3.63, 3.8) is 0 Å². The van der Waals surface area contributed by atoms with E-state index in [0.717, 1.165) is 5.56 Å². The summed E-state index contributed by atoms with van der Waals surface area (Å²) >= 11 is 0. The maximum Gasteiger partial charge on any atom is 0.175 e. The molecule has 2 aromatic carbocycles. The average molecular weight is 327 g/mol. The molecule has 1 unspecified atom stereocenters. The van der Waals surface area contributed by atoms with Crippen LogP contribution < -0.4 is 5.32 Å². The third kappa shape index (κ3) is 3.32. The van der Waals surface area contributed by atoms with Gasteiger partial charge in [-0.2, -0.15) is 0 Å². The van der Waals surface area contributed by atoms with Crippen molar-refractivity contribution >= 4 is 26.6 Å². The SMILES string of the molecule is CC(Nc1ncnc2ccc(S(C)(=O)=O)cc12)c1ccccc1. The monoisotopic (exact) mass is 327 g/mol. The summed E-state index contributed by atoms with van der Waals surface area (Å²) in [4.78, 5) is 8.74. The van der Waals surface area contributed by atoms with Crippen LogP contribution in [0.25, 0.3) is 10.9 Å². The lowest BCUT2D eigenvalue weighted by atomic mass is 10.1. The van der Waals surface area contributed by atoms with Gasteiger partial charge in [-0.1, -0.05) is 30.3 Å². The van der Waals surface area contributed by atoms with Gasteiger partial charge >= 0.3 is 0 Å². The van der Waals surface area contributed by atoms with E-state index in [9.17, 15) is 8.42 Å². The van der Waals surface area contributed by atoms with E-state index < -0.39 is 9.84 Å². The Morgan fingerprint density at radius 1 is 1.04 bits per heavy atom. The van der Waals surface area contributed by atoms with Gasteiger partial charge in [0.2, 0.25) is 0 Å². The van der Waals surface area contributed by atoms with Gasteiger partial charge in [0.15, 0.2) is 9.84 Å². The van der Waals surface area contributed by atoms with Gasteiger partial charge < -0.3 is 5.32 Å². The molecule has 0 radical (unpaired) electrons. The van der Waals surface area contributed by atoms with Crippen molar-refractivity contribution in [3.8, 4) is 0 Å². The van der Waals surface area contributed by atoms with Crippen molar-refractivity contribution in [1.29, 1.82) is 0 Å². The van der Waals surface area contributed by atoms with Gasteiger partial charge in [-0.3, -0.25) is 0 Å². The smallest absolute Gasteiger partial charge is 0.175 e. The minimum atomic E-state index is -3.28. The molecular weight excluding hydrogens is 310 g/mol. The molecule has 0 aliphatic heterocycles. The third-order valence-corrected chi connectivity index (χ3v) is 4.80. The Kier molecular flexibility index (Phi) is 4.00. The van der Waals surface area contributed by atoms with Crippen LogP contribution in [0.5, 0.6) is 0 Å². The minimum Gasteiger partial charge on any atom is -0.363 e. The molecule has 0 fully saturated rings. The van der Waals surface area contributed by atoms with Gasteiger partial charge in [-0.15, -0.1) is 0 Å². The summed E-state index contributed by atoms with van der Waals surface area (Å²) in [6.45, 7) is 2.03. The van der Waals surface area contributed by atoms with E-state index in [1.807, 2.05) is 37.3 Å². The number of hydrogen-bond donors (Lipinski definition) is 1. The first-order valence-electron chi connectivity index (χ1n) is 7.21. The normalized spacial score (nSPS) is 13.0. The molecule has 1 atom stereocenters. The number of aromatic nitrogens is 2. The Labute approximate surface area is 135 Å². The first-order chi connectivity index (χ1) is 10.9. The number of nitrogens with one attached hydrogen (secondary N) is 1. The predicted octanol–water partition coefficient (Wildman–Crippen LogP) is 3.21. The molecule has 0 aliphatic carbocycles. The zero-order valence-electron chi connectivity index (χ0n) is 12.9. The lowest BCUT2D eigenvalue weighted by Gasteiger charge is -2.16. The van der Waals surface area contributed by atoms with E-state index >= 15 is 0 Å². The molecule has 0 aliphatic rings. The van der Waals surface area contributed by atoms with Crippen molar-refractivity contribution in [1.82, 2.24) is 9.97 Å². The van der Waals surface area contributed by atoms with E-state index in [1.54, 1.807) is 18.2 Å². The topological polar surface area (TPSA) is 72.0 Å². The van der Waals surface area contributed by atoms with Gasteiger partial charge in [0.05, 0.1) is 10.4 Å². The molecule has 0 amide bonds. The van der Waals surface area contributed by atoms with E-state index in [0.29, 0.717) is 16.7 Å². The molecule has 3 rings (SSSR count). The van der Waals surface area contributed by atoms with Crippen LogP contribution >= 0.6 is 0 Å². The molecule has 0 bridgehead atoms. The molecule has 6 heteroatoms. The molecule has 0 saturated carbocycles. The van der Waals surface area contributed by atoms with Gasteiger partial charge in [0, 0.05) is 17.7 Å². The van der Waals surface area contributed by atoms with Crippen LogP contribution in [0.2, 0.25) is 0 Å². The lowest BCUT2D eigenvalue weighted by molar-refractivity contribution is 0.602. The van der Waals surface area contributed by atoms with E-state index in [4.69, 9.17) is 0 Å². The van der Waals surface area contributed by atoms with Crippen LogP contribution in [0, 0.1) is 0 Å². The molecule has 0 spiro atoms. The fraction of sp³-hybridized carbons (Fsp3) is 0.176. The summed E-state index contributed by atoms with van der Waals surface area (Å²) in [5.41, 5.74) is 1.83. The van der Waals surface area contributed by atoms with Crippen molar-refractivity contribution < 1.29 is 8.42 Å². The molecule has 23 heavy (non-hydrogen) atoms. The summed E-state index contributed by atoms with van der Waals surface area (Å²) in [6.07, 6.45) is 2.67. The Balaban J connectivity index is 2.03. The molecule has 0 saturated heterocycles. The standard InChI is InChI=1S/C17H17N3O2S/c1-12(13-6-4-3-5-7-13)20-17-15-10-14(23(2,21)22)8-9-16(15)18-11-19-17/h3-12H,1-2H3,(H,18,19,20). The van der Waals surface area contributed by atoms with Gasteiger partial charge in [-0.25, -0.2) is 18.4 Å². The zero-order chi connectivity index (χ0) is 16.4. The van der Waals surface area contributed by atoms with Crippen molar-refractivity contribution in [2.75, 3.05) is 11.6 Å². The van der Waals surface area contributed by atoms with E-state index in [-0.39, 0.29) is 10.9 Å².